The van der Waals surface area contributed by atoms with Crippen molar-refractivity contribution in [1.82, 2.24) is 8.61 Å². The number of hydrogen-bond acceptors (Lipinski definition) is 7. The third-order valence-corrected chi connectivity index (χ3v) is 7.61. The molecule has 1 aromatic rings. The van der Waals surface area contributed by atoms with Gasteiger partial charge in [-0.25, -0.2) is 0 Å². The first kappa shape index (κ1) is 23.4. The lowest BCUT2D eigenvalue weighted by molar-refractivity contribution is -0.146. The van der Waals surface area contributed by atoms with Gasteiger partial charge in [0, 0.05) is 31.8 Å². The number of ether oxygens (including phenoxy) is 4. The first-order valence-electron chi connectivity index (χ1n) is 10.3. The topological polar surface area (TPSA) is 94.6 Å². The van der Waals surface area contributed by atoms with Crippen LogP contribution in [0.1, 0.15) is 31.7 Å². The van der Waals surface area contributed by atoms with Crippen LogP contribution in [0, 0.1) is 0 Å². The molecule has 0 unspecified atom stereocenters. The van der Waals surface area contributed by atoms with E-state index in [-0.39, 0.29) is 13.2 Å². The van der Waals surface area contributed by atoms with Crippen LogP contribution in [0.2, 0.25) is 0 Å². The van der Waals surface area contributed by atoms with Crippen molar-refractivity contribution in [3.63, 3.8) is 0 Å². The average Bonchev–Trinajstić information content (AvgIpc) is 3.29. The molecule has 0 aliphatic carbocycles. The minimum Gasteiger partial charge on any atom is -0.496 e. The second kappa shape index (κ2) is 9.88. The highest BCUT2D eigenvalue weighted by atomic mass is 32.2. The van der Waals surface area contributed by atoms with E-state index in [1.165, 1.54) is 8.61 Å². The Morgan fingerprint density at radius 1 is 1.10 bits per heavy atom. The number of benzene rings is 1. The number of methoxy groups -OCH3 is 3. The lowest BCUT2D eigenvalue weighted by atomic mass is 9.98. The van der Waals surface area contributed by atoms with Crippen molar-refractivity contribution in [2.45, 2.75) is 32.2 Å². The van der Waals surface area contributed by atoms with Gasteiger partial charge in [-0.05, 0) is 31.8 Å². The van der Waals surface area contributed by atoms with Crippen LogP contribution in [0.4, 0.5) is 0 Å². The molecule has 3 rings (SSSR count). The van der Waals surface area contributed by atoms with E-state index >= 15 is 0 Å². The predicted octanol–water partition coefficient (Wildman–Crippen LogP) is 2.07. The fraction of sp³-hybridized carbons (Fsp3) is 0.571. The number of esters is 1. The third kappa shape index (κ3) is 4.65. The molecule has 1 atom stereocenters. The standard InChI is InChI=1S/C21H30N2O7S/c1-5-30-21(24)17-7-6-10-23(17)31(25,26)22-11-8-15(9-12-22)20-18(28-3)13-16(27-2)14-19(20)29-4/h8,13-14,17H,5-7,9-12H2,1-4H3/t17-/m0/s1. The molecule has 2 aliphatic heterocycles. The maximum atomic E-state index is 13.2. The Morgan fingerprint density at radius 2 is 1.77 bits per heavy atom. The summed E-state index contributed by atoms with van der Waals surface area (Å²) in [6, 6.07) is 2.79. The summed E-state index contributed by atoms with van der Waals surface area (Å²) in [5, 5.41) is 0. The Morgan fingerprint density at radius 3 is 2.29 bits per heavy atom. The van der Waals surface area contributed by atoms with Gasteiger partial charge in [0.2, 0.25) is 0 Å². The van der Waals surface area contributed by atoms with Crippen LogP contribution in [0.5, 0.6) is 17.2 Å². The van der Waals surface area contributed by atoms with E-state index in [9.17, 15) is 13.2 Å². The van der Waals surface area contributed by atoms with E-state index in [2.05, 4.69) is 0 Å². The van der Waals surface area contributed by atoms with Gasteiger partial charge in [-0.3, -0.25) is 4.79 Å². The normalized spacial score (nSPS) is 20.3. The molecule has 1 aromatic carbocycles. The van der Waals surface area contributed by atoms with Crippen LogP contribution >= 0.6 is 0 Å². The maximum absolute atomic E-state index is 13.2. The fourth-order valence-electron chi connectivity index (χ4n) is 4.05. The number of carbonyl (C=O) groups is 1. The van der Waals surface area contributed by atoms with E-state index in [1.807, 2.05) is 6.08 Å². The zero-order valence-corrected chi connectivity index (χ0v) is 19.2. The summed E-state index contributed by atoms with van der Waals surface area (Å²) < 4.78 is 50.6. The Hall–Kier alpha value is -2.30. The Bertz CT molecular complexity index is 920. The van der Waals surface area contributed by atoms with Crippen molar-refractivity contribution >= 4 is 21.8 Å². The highest BCUT2D eigenvalue weighted by molar-refractivity contribution is 7.86. The molecule has 0 bridgehead atoms. The van der Waals surface area contributed by atoms with Gasteiger partial charge in [-0.2, -0.15) is 17.0 Å². The number of carbonyl (C=O) groups excluding carboxylic acids is 1. The van der Waals surface area contributed by atoms with E-state index in [1.54, 1.807) is 40.4 Å². The smallest absolute Gasteiger partial charge is 0.324 e. The summed E-state index contributed by atoms with van der Waals surface area (Å²) in [7, 11) is 0.925. The van der Waals surface area contributed by atoms with Crippen LogP contribution in [0.15, 0.2) is 18.2 Å². The zero-order valence-electron chi connectivity index (χ0n) is 18.4. The summed E-state index contributed by atoms with van der Waals surface area (Å²) in [5.41, 5.74) is 1.72. The van der Waals surface area contributed by atoms with Gasteiger partial charge < -0.3 is 18.9 Å². The molecule has 0 N–H and O–H groups in total. The molecule has 2 heterocycles. The molecule has 1 saturated heterocycles. The van der Waals surface area contributed by atoms with E-state index in [4.69, 9.17) is 18.9 Å². The average molecular weight is 455 g/mol. The van der Waals surface area contributed by atoms with Gasteiger partial charge >= 0.3 is 5.97 Å². The summed E-state index contributed by atoms with van der Waals surface area (Å²) in [6.07, 6.45) is 3.46. The number of nitrogens with zero attached hydrogens (tertiary/aromatic N) is 2. The van der Waals surface area contributed by atoms with Crippen LogP contribution in [-0.2, 0) is 19.7 Å². The largest absolute Gasteiger partial charge is 0.496 e. The van der Waals surface area contributed by atoms with Gasteiger partial charge in [0.15, 0.2) is 0 Å². The first-order chi connectivity index (χ1) is 14.9. The summed E-state index contributed by atoms with van der Waals surface area (Å²) >= 11 is 0. The van der Waals surface area contributed by atoms with Crippen molar-refractivity contribution < 1.29 is 32.2 Å². The van der Waals surface area contributed by atoms with Gasteiger partial charge in [0.1, 0.15) is 23.3 Å². The second-order valence-corrected chi connectivity index (χ2v) is 9.15. The van der Waals surface area contributed by atoms with Gasteiger partial charge in [-0.1, -0.05) is 6.08 Å². The summed E-state index contributed by atoms with van der Waals surface area (Å²) in [6.45, 7) is 2.74. The van der Waals surface area contributed by atoms with Crippen LogP contribution in [-0.4, -0.2) is 76.6 Å². The van der Waals surface area contributed by atoms with Crippen molar-refractivity contribution in [1.29, 1.82) is 0 Å². The molecule has 0 aromatic heterocycles. The van der Waals surface area contributed by atoms with Crippen molar-refractivity contribution in [2.75, 3.05) is 47.6 Å². The van der Waals surface area contributed by atoms with E-state index in [0.717, 1.165) is 11.1 Å². The first-order valence-corrected chi connectivity index (χ1v) is 11.7. The maximum Gasteiger partial charge on any atom is 0.324 e. The lowest BCUT2D eigenvalue weighted by Gasteiger charge is -2.32. The molecular formula is C21H30N2O7S. The molecule has 1 fully saturated rings. The quantitative estimate of drug-likeness (QED) is 0.555. The summed E-state index contributed by atoms with van der Waals surface area (Å²) in [5.74, 6) is 1.32. The number of rotatable bonds is 8. The molecule has 9 nitrogen and oxygen atoms in total. The second-order valence-electron chi connectivity index (χ2n) is 7.27. The molecule has 10 heteroatoms. The van der Waals surface area contributed by atoms with Crippen LogP contribution in [0.25, 0.3) is 5.57 Å². The SMILES string of the molecule is CCOC(=O)[C@@H]1CCCN1S(=O)(=O)N1CC=C(c2c(OC)cc(OC)cc2OC)CC1. The Balaban J connectivity index is 1.84. The van der Waals surface area contributed by atoms with E-state index < -0.39 is 22.2 Å². The van der Waals surface area contributed by atoms with Crippen LogP contribution < -0.4 is 14.2 Å². The van der Waals surface area contributed by atoms with Gasteiger partial charge in [0.05, 0.1) is 33.5 Å². The van der Waals surface area contributed by atoms with Crippen molar-refractivity contribution in [3.8, 4) is 17.2 Å². The molecule has 31 heavy (non-hydrogen) atoms. The Labute approximate surface area is 183 Å². The van der Waals surface area contributed by atoms with Gasteiger partial charge in [0.25, 0.3) is 10.2 Å². The highest BCUT2D eigenvalue weighted by Crippen LogP contribution is 2.41. The predicted molar refractivity (Wildman–Crippen MR) is 116 cm³/mol. The minimum absolute atomic E-state index is 0.196. The molecular weight excluding hydrogens is 424 g/mol. The molecule has 0 radical (unpaired) electrons. The lowest BCUT2D eigenvalue weighted by Crippen LogP contribution is -2.49. The monoisotopic (exact) mass is 454 g/mol. The molecule has 0 saturated carbocycles. The molecule has 2 aliphatic rings. The Kier molecular flexibility index (Phi) is 7.45. The fourth-order valence-corrected chi connectivity index (χ4v) is 5.80. The van der Waals surface area contributed by atoms with Crippen molar-refractivity contribution in [3.05, 3.63) is 23.8 Å². The van der Waals surface area contributed by atoms with Crippen molar-refractivity contribution in [2.24, 2.45) is 0 Å². The van der Waals surface area contributed by atoms with Gasteiger partial charge in [-0.15, -0.1) is 0 Å². The molecule has 0 spiro atoms. The van der Waals surface area contributed by atoms with E-state index in [0.29, 0.717) is 49.6 Å². The zero-order chi connectivity index (χ0) is 22.6. The molecule has 0 amide bonds. The molecule has 172 valence electrons. The summed E-state index contributed by atoms with van der Waals surface area (Å²) in [4.78, 5) is 12.2. The highest BCUT2D eigenvalue weighted by Gasteiger charge is 2.42. The van der Waals surface area contributed by atoms with Crippen LogP contribution in [0.3, 0.4) is 0 Å². The third-order valence-electron chi connectivity index (χ3n) is 5.59. The number of hydrogen-bond donors (Lipinski definition) is 0. The minimum atomic E-state index is -3.78.